The lowest BCUT2D eigenvalue weighted by Crippen LogP contribution is -2.26. The molecule has 1 N–H and O–H groups in total. The fraction of sp³-hybridized carbons (Fsp3) is 0.421. The molecule has 1 aromatic carbocycles. The van der Waals surface area contributed by atoms with Crippen LogP contribution >= 0.6 is 0 Å². The molecule has 6 nitrogen and oxygen atoms in total. The lowest BCUT2D eigenvalue weighted by molar-refractivity contribution is 0.352. The van der Waals surface area contributed by atoms with Gasteiger partial charge in [0.2, 0.25) is 0 Å². The van der Waals surface area contributed by atoms with Crippen molar-refractivity contribution in [3.63, 3.8) is 0 Å². The summed E-state index contributed by atoms with van der Waals surface area (Å²) in [5.74, 6) is 1.63. The molecule has 1 saturated heterocycles. The van der Waals surface area contributed by atoms with E-state index in [1.54, 1.807) is 0 Å². The van der Waals surface area contributed by atoms with Gasteiger partial charge in [0.15, 0.2) is 5.65 Å². The van der Waals surface area contributed by atoms with E-state index < -0.39 is 0 Å². The van der Waals surface area contributed by atoms with E-state index in [0.29, 0.717) is 0 Å². The predicted octanol–water partition coefficient (Wildman–Crippen LogP) is 2.94. The van der Waals surface area contributed by atoms with Crippen molar-refractivity contribution in [2.75, 3.05) is 31.5 Å². The quantitative estimate of drug-likeness (QED) is 0.776. The number of hydrogen-bond acceptors (Lipinski definition) is 5. The van der Waals surface area contributed by atoms with Gasteiger partial charge in [-0.3, -0.25) is 0 Å². The summed E-state index contributed by atoms with van der Waals surface area (Å²) < 4.78 is 1.88. The summed E-state index contributed by atoms with van der Waals surface area (Å²) in [6.45, 7) is 8.38. The molecule has 0 radical (unpaired) electrons. The summed E-state index contributed by atoms with van der Waals surface area (Å²) in [4.78, 5) is 11.7. The van der Waals surface area contributed by atoms with E-state index in [9.17, 15) is 0 Å². The highest BCUT2D eigenvalue weighted by Crippen LogP contribution is 2.23. The molecule has 0 amide bonds. The number of nitrogens with one attached hydrogen (secondary N) is 1. The van der Waals surface area contributed by atoms with Crippen molar-refractivity contribution < 1.29 is 0 Å². The van der Waals surface area contributed by atoms with Gasteiger partial charge in [-0.05, 0) is 51.9 Å². The SMILES string of the molecule is Cc1ccc(-n2ncc3c(NCCN4CCCC4)nc(C)nc32)cc1. The minimum atomic E-state index is 0.755. The molecular weight excluding hydrogens is 312 g/mol. The normalized spacial score (nSPS) is 15.1. The molecule has 0 bridgehead atoms. The second-order valence-electron chi connectivity index (χ2n) is 6.72. The van der Waals surface area contributed by atoms with Gasteiger partial charge in [-0.25, -0.2) is 14.6 Å². The summed E-state index contributed by atoms with van der Waals surface area (Å²) in [6, 6.07) is 8.32. The number of fused-ring (bicyclic) bond motifs is 1. The van der Waals surface area contributed by atoms with Crippen LogP contribution in [0.2, 0.25) is 0 Å². The van der Waals surface area contributed by atoms with Crippen LogP contribution in [0.1, 0.15) is 24.2 Å². The first-order chi connectivity index (χ1) is 12.2. The Balaban J connectivity index is 1.60. The molecule has 0 unspecified atom stereocenters. The van der Waals surface area contributed by atoms with E-state index in [0.717, 1.165) is 41.5 Å². The predicted molar refractivity (Wildman–Crippen MR) is 100 cm³/mol. The lowest BCUT2D eigenvalue weighted by Gasteiger charge is -2.15. The second kappa shape index (κ2) is 6.80. The molecule has 2 aromatic heterocycles. The topological polar surface area (TPSA) is 58.9 Å². The van der Waals surface area contributed by atoms with Gasteiger partial charge in [0.05, 0.1) is 17.3 Å². The fourth-order valence-corrected chi connectivity index (χ4v) is 3.37. The van der Waals surface area contributed by atoms with Gasteiger partial charge >= 0.3 is 0 Å². The van der Waals surface area contributed by atoms with Gasteiger partial charge in [-0.2, -0.15) is 5.10 Å². The molecule has 6 heteroatoms. The van der Waals surface area contributed by atoms with Gasteiger partial charge in [0, 0.05) is 13.1 Å². The molecule has 1 fully saturated rings. The largest absolute Gasteiger partial charge is 0.368 e. The molecule has 4 rings (SSSR count). The number of anilines is 1. The summed E-state index contributed by atoms with van der Waals surface area (Å²) in [5, 5.41) is 8.99. The van der Waals surface area contributed by atoms with Crippen molar-refractivity contribution >= 4 is 16.9 Å². The first kappa shape index (κ1) is 16.0. The maximum Gasteiger partial charge on any atom is 0.168 e. The molecule has 0 atom stereocenters. The third kappa shape index (κ3) is 3.35. The van der Waals surface area contributed by atoms with E-state index in [1.807, 2.05) is 17.8 Å². The number of aryl methyl sites for hydroxylation is 2. The standard InChI is InChI=1S/C19H24N6/c1-14-5-7-16(8-6-14)25-19-17(13-21-25)18(22-15(2)23-19)20-9-12-24-10-3-4-11-24/h5-8,13H,3-4,9-12H2,1-2H3,(H,20,22,23). The van der Waals surface area contributed by atoms with Crippen LogP contribution < -0.4 is 5.32 Å². The van der Waals surface area contributed by atoms with Crippen LogP contribution in [-0.4, -0.2) is 50.8 Å². The molecule has 0 aliphatic carbocycles. The zero-order valence-electron chi connectivity index (χ0n) is 14.9. The Morgan fingerprint density at radius 1 is 1.04 bits per heavy atom. The summed E-state index contributed by atoms with van der Waals surface area (Å²) in [7, 11) is 0. The van der Waals surface area contributed by atoms with Crippen molar-refractivity contribution in [3.05, 3.63) is 41.9 Å². The Morgan fingerprint density at radius 2 is 1.80 bits per heavy atom. The first-order valence-electron chi connectivity index (χ1n) is 8.96. The smallest absolute Gasteiger partial charge is 0.168 e. The van der Waals surface area contributed by atoms with E-state index in [1.165, 1.54) is 31.5 Å². The van der Waals surface area contributed by atoms with E-state index >= 15 is 0 Å². The monoisotopic (exact) mass is 336 g/mol. The highest BCUT2D eigenvalue weighted by Gasteiger charge is 2.14. The van der Waals surface area contributed by atoms with Crippen molar-refractivity contribution in [1.29, 1.82) is 0 Å². The zero-order valence-corrected chi connectivity index (χ0v) is 14.9. The van der Waals surface area contributed by atoms with Crippen molar-refractivity contribution in [3.8, 4) is 5.69 Å². The minimum Gasteiger partial charge on any atom is -0.368 e. The molecule has 1 aliphatic rings. The Labute approximate surface area is 147 Å². The number of rotatable bonds is 5. The lowest BCUT2D eigenvalue weighted by atomic mass is 10.2. The van der Waals surface area contributed by atoms with Crippen LogP contribution in [0, 0.1) is 13.8 Å². The van der Waals surface area contributed by atoms with Gasteiger partial charge < -0.3 is 10.2 Å². The highest BCUT2D eigenvalue weighted by molar-refractivity contribution is 5.87. The number of benzene rings is 1. The van der Waals surface area contributed by atoms with E-state index in [2.05, 4.69) is 56.5 Å². The van der Waals surface area contributed by atoms with Crippen molar-refractivity contribution in [2.24, 2.45) is 0 Å². The number of nitrogens with zero attached hydrogens (tertiary/aromatic N) is 5. The molecular formula is C19H24N6. The van der Waals surface area contributed by atoms with Crippen LogP contribution in [0.5, 0.6) is 0 Å². The fourth-order valence-electron chi connectivity index (χ4n) is 3.37. The second-order valence-corrected chi connectivity index (χ2v) is 6.72. The van der Waals surface area contributed by atoms with Crippen molar-refractivity contribution in [1.82, 2.24) is 24.6 Å². The van der Waals surface area contributed by atoms with E-state index in [4.69, 9.17) is 0 Å². The number of hydrogen-bond donors (Lipinski definition) is 1. The Kier molecular flexibility index (Phi) is 4.36. The van der Waals surface area contributed by atoms with Crippen LogP contribution in [0.25, 0.3) is 16.7 Å². The van der Waals surface area contributed by atoms with Gasteiger partial charge in [-0.15, -0.1) is 0 Å². The zero-order chi connectivity index (χ0) is 17.2. The molecule has 25 heavy (non-hydrogen) atoms. The van der Waals surface area contributed by atoms with Crippen LogP contribution in [0.15, 0.2) is 30.5 Å². The first-order valence-corrected chi connectivity index (χ1v) is 8.96. The molecule has 130 valence electrons. The van der Waals surface area contributed by atoms with Gasteiger partial charge in [0.25, 0.3) is 0 Å². The average Bonchev–Trinajstić information content (AvgIpc) is 3.25. The Morgan fingerprint density at radius 3 is 2.56 bits per heavy atom. The third-order valence-electron chi connectivity index (χ3n) is 4.74. The summed E-state index contributed by atoms with van der Waals surface area (Å²) >= 11 is 0. The van der Waals surface area contributed by atoms with Gasteiger partial charge in [-0.1, -0.05) is 17.7 Å². The number of aromatic nitrogens is 4. The van der Waals surface area contributed by atoms with Crippen LogP contribution in [-0.2, 0) is 0 Å². The van der Waals surface area contributed by atoms with Crippen LogP contribution in [0.3, 0.4) is 0 Å². The molecule has 3 aromatic rings. The Hall–Kier alpha value is -2.47. The molecule has 0 spiro atoms. The third-order valence-corrected chi connectivity index (χ3v) is 4.74. The van der Waals surface area contributed by atoms with E-state index in [-0.39, 0.29) is 0 Å². The summed E-state index contributed by atoms with van der Waals surface area (Å²) in [5.41, 5.74) is 3.09. The number of likely N-dealkylation sites (tertiary alicyclic amines) is 1. The van der Waals surface area contributed by atoms with Gasteiger partial charge in [0.1, 0.15) is 11.6 Å². The minimum absolute atomic E-state index is 0.755. The molecule has 0 saturated carbocycles. The summed E-state index contributed by atoms with van der Waals surface area (Å²) in [6.07, 6.45) is 4.49. The molecule has 3 heterocycles. The highest BCUT2D eigenvalue weighted by atomic mass is 15.3. The maximum atomic E-state index is 4.62. The average molecular weight is 336 g/mol. The Bertz CT molecular complexity index is 862. The van der Waals surface area contributed by atoms with Crippen molar-refractivity contribution in [2.45, 2.75) is 26.7 Å². The maximum absolute atomic E-state index is 4.62. The molecule has 1 aliphatic heterocycles. The van der Waals surface area contributed by atoms with Crippen LogP contribution in [0.4, 0.5) is 5.82 Å².